The standard InChI is InChI=1S/C22H15NOS/c1-24-15-11-12-17-19(13-15)25-22-21(16-9-5-6-10-18(16)23-22)20(17)14-7-3-2-4-8-14/h2-13H,1H3. The third-order valence-corrected chi connectivity index (χ3v) is 5.63. The number of hydrogen-bond donors (Lipinski definition) is 0. The smallest absolute Gasteiger partial charge is 0.125 e. The van der Waals surface area contributed by atoms with Crippen molar-refractivity contribution in [1.82, 2.24) is 4.98 Å². The Kier molecular flexibility index (Phi) is 3.22. The van der Waals surface area contributed by atoms with Gasteiger partial charge < -0.3 is 4.74 Å². The summed E-state index contributed by atoms with van der Waals surface area (Å²) in [5, 5.41) is 3.52. The van der Waals surface area contributed by atoms with Crippen LogP contribution < -0.4 is 4.74 Å². The van der Waals surface area contributed by atoms with E-state index in [0.29, 0.717) is 0 Å². The molecular weight excluding hydrogens is 326 g/mol. The molecule has 3 aromatic rings. The van der Waals surface area contributed by atoms with Crippen LogP contribution >= 0.6 is 11.3 Å². The Morgan fingerprint density at radius 2 is 1.60 bits per heavy atom. The number of rotatable bonds is 2. The van der Waals surface area contributed by atoms with Crippen LogP contribution in [-0.2, 0) is 0 Å². The maximum Gasteiger partial charge on any atom is 0.125 e. The molecule has 0 saturated heterocycles. The minimum absolute atomic E-state index is 0.873. The zero-order valence-corrected chi connectivity index (χ0v) is 14.5. The van der Waals surface area contributed by atoms with Crippen molar-refractivity contribution in [3.05, 3.63) is 72.8 Å². The fourth-order valence-corrected chi connectivity index (χ4v) is 4.56. The number of aromatic nitrogens is 1. The van der Waals surface area contributed by atoms with E-state index in [2.05, 4.69) is 60.7 Å². The molecular formula is C22H15NOS. The second kappa shape index (κ2) is 5.57. The number of benzene rings is 3. The predicted octanol–water partition coefficient (Wildman–Crippen LogP) is 6.23. The van der Waals surface area contributed by atoms with Gasteiger partial charge in [0, 0.05) is 26.6 Å². The maximum atomic E-state index is 5.43. The molecule has 0 radical (unpaired) electrons. The van der Waals surface area contributed by atoms with Crippen LogP contribution in [0.3, 0.4) is 0 Å². The van der Waals surface area contributed by atoms with Gasteiger partial charge in [-0.05, 0) is 29.8 Å². The van der Waals surface area contributed by atoms with Crippen molar-refractivity contribution in [2.75, 3.05) is 7.11 Å². The highest BCUT2D eigenvalue weighted by molar-refractivity contribution is 7.21. The fourth-order valence-electron chi connectivity index (χ4n) is 3.44. The van der Waals surface area contributed by atoms with Crippen molar-refractivity contribution in [2.24, 2.45) is 0 Å². The SMILES string of the molecule is COc1ccc2c(-c3ccccc3)c3c4ccccc4nc-3sc2c1. The Labute approximate surface area is 149 Å². The zero-order valence-electron chi connectivity index (χ0n) is 13.7. The minimum Gasteiger partial charge on any atom is -0.497 e. The lowest BCUT2D eigenvalue weighted by atomic mass is 9.96. The summed E-state index contributed by atoms with van der Waals surface area (Å²) in [6.07, 6.45) is 0. The van der Waals surface area contributed by atoms with E-state index in [1.807, 2.05) is 12.1 Å². The molecule has 0 unspecified atom stereocenters. The number of hydrogen-bond acceptors (Lipinski definition) is 3. The summed E-state index contributed by atoms with van der Waals surface area (Å²) in [7, 11) is 1.71. The summed E-state index contributed by atoms with van der Waals surface area (Å²) < 4.78 is 6.61. The second-order valence-electron chi connectivity index (χ2n) is 6.01. The highest BCUT2D eigenvalue weighted by Gasteiger charge is 2.21. The van der Waals surface area contributed by atoms with Crippen molar-refractivity contribution in [3.8, 4) is 27.4 Å². The first kappa shape index (κ1) is 14.4. The molecule has 0 aliphatic carbocycles. The number of methoxy groups -OCH3 is 1. The second-order valence-corrected chi connectivity index (χ2v) is 7.04. The summed E-state index contributed by atoms with van der Waals surface area (Å²) in [6, 6.07) is 25.3. The molecule has 3 heteroatoms. The monoisotopic (exact) mass is 341 g/mol. The van der Waals surface area contributed by atoms with Crippen molar-refractivity contribution in [1.29, 1.82) is 0 Å². The van der Waals surface area contributed by atoms with Crippen molar-refractivity contribution in [3.63, 3.8) is 0 Å². The average molecular weight is 341 g/mol. The maximum absolute atomic E-state index is 5.43. The van der Waals surface area contributed by atoms with E-state index in [1.54, 1.807) is 18.4 Å². The molecule has 120 valence electrons. The van der Waals surface area contributed by atoms with Crippen LogP contribution in [0.2, 0.25) is 0 Å². The van der Waals surface area contributed by atoms with Crippen LogP contribution in [0, 0.1) is 0 Å². The van der Waals surface area contributed by atoms with E-state index >= 15 is 0 Å². The third-order valence-electron chi connectivity index (χ3n) is 4.59. The Bertz CT molecular complexity index is 1180. The minimum atomic E-state index is 0.873. The summed E-state index contributed by atoms with van der Waals surface area (Å²) >= 11 is 1.72. The number of ether oxygens (including phenoxy) is 1. The van der Waals surface area contributed by atoms with Crippen LogP contribution in [0.5, 0.6) is 5.75 Å². The Balaban J connectivity index is 2.00. The number of fused-ring (bicyclic) bond motifs is 4. The van der Waals surface area contributed by atoms with Gasteiger partial charge in [-0.2, -0.15) is 0 Å². The molecule has 2 aliphatic rings. The molecule has 25 heavy (non-hydrogen) atoms. The van der Waals surface area contributed by atoms with E-state index in [4.69, 9.17) is 9.72 Å². The van der Waals surface area contributed by atoms with Crippen LogP contribution in [0.4, 0.5) is 0 Å². The molecule has 0 atom stereocenters. The highest BCUT2D eigenvalue weighted by atomic mass is 32.1. The lowest BCUT2D eigenvalue weighted by Crippen LogP contribution is -1.88. The fraction of sp³-hybridized carbons (Fsp3) is 0.0455. The van der Waals surface area contributed by atoms with Crippen LogP contribution in [0.25, 0.3) is 42.7 Å². The van der Waals surface area contributed by atoms with Crippen molar-refractivity contribution < 1.29 is 4.74 Å². The molecule has 0 amide bonds. The molecule has 0 N–H and O–H groups in total. The van der Waals surface area contributed by atoms with Gasteiger partial charge in [-0.15, -0.1) is 11.3 Å². The summed E-state index contributed by atoms with van der Waals surface area (Å²) in [6.45, 7) is 0. The van der Waals surface area contributed by atoms with Crippen LogP contribution in [0.1, 0.15) is 0 Å². The van der Waals surface area contributed by atoms with E-state index in [1.165, 1.54) is 32.2 Å². The lowest BCUT2D eigenvalue weighted by Gasteiger charge is -2.13. The first-order valence-electron chi connectivity index (χ1n) is 8.19. The van der Waals surface area contributed by atoms with Crippen LogP contribution in [-0.4, -0.2) is 12.1 Å². The van der Waals surface area contributed by atoms with Gasteiger partial charge >= 0.3 is 0 Å². The summed E-state index contributed by atoms with van der Waals surface area (Å²) in [4.78, 5) is 4.88. The molecule has 2 aliphatic heterocycles. The first-order valence-corrected chi connectivity index (χ1v) is 9.01. The topological polar surface area (TPSA) is 22.1 Å². The molecule has 3 aromatic carbocycles. The number of para-hydroxylation sites is 1. The van der Waals surface area contributed by atoms with Crippen molar-refractivity contribution in [2.45, 2.75) is 0 Å². The molecule has 2 nitrogen and oxygen atoms in total. The van der Waals surface area contributed by atoms with Gasteiger partial charge in [0.2, 0.25) is 0 Å². The van der Waals surface area contributed by atoms with Gasteiger partial charge in [0.25, 0.3) is 0 Å². The van der Waals surface area contributed by atoms with Gasteiger partial charge in [-0.1, -0.05) is 48.5 Å². The van der Waals surface area contributed by atoms with Gasteiger partial charge in [0.1, 0.15) is 10.8 Å². The molecule has 0 spiro atoms. The normalized spacial score (nSPS) is 11.4. The lowest BCUT2D eigenvalue weighted by molar-refractivity contribution is 0.415. The van der Waals surface area contributed by atoms with Crippen molar-refractivity contribution >= 4 is 32.3 Å². The van der Waals surface area contributed by atoms with Gasteiger partial charge in [-0.3, -0.25) is 0 Å². The third kappa shape index (κ3) is 2.20. The molecule has 5 rings (SSSR count). The van der Waals surface area contributed by atoms with E-state index in [-0.39, 0.29) is 0 Å². The Morgan fingerprint density at radius 3 is 2.44 bits per heavy atom. The van der Waals surface area contributed by atoms with Gasteiger partial charge in [0.05, 0.1) is 12.6 Å². The molecule has 0 aromatic heterocycles. The summed E-state index contributed by atoms with van der Waals surface area (Å²) in [5.41, 5.74) is 4.76. The average Bonchev–Trinajstić information content (AvgIpc) is 3.04. The summed E-state index contributed by atoms with van der Waals surface area (Å²) in [5.74, 6) is 0.873. The van der Waals surface area contributed by atoms with Gasteiger partial charge in [-0.25, -0.2) is 4.98 Å². The molecule has 0 saturated carbocycles. The Morgan fingerprint density at radius 1 is 0.800 bits per heavy atom. The van der Waals surface area contributed by atoms with E-state index in [9.17, 15) is 0 Å². The quantitative estimate of drug-likeness (QED) is 0.380. The molecule has 2 heterocycles. The number of nitrogens with zero attached hydrogens (tertiary/aromatic N) is 1. The Hall–Kier alpha value is -2.91. The van der Waals surface area contributed by atoms with Crippen LogP contribution in [0.15, 0.2) is 72.8 Å². The predicted molar refractivity (Wildman–Crippen MR) is 106 cm³/mol. The first-order chi connectivity index (χ1) is 12.3. The highest BCUT2D eigenvalue weighted by Crippen LogP contribution is 2.47. The van der Waals surface area contributed by atoms with E-state index < -0.39 is 0 Å². The molecule has 0 fully saturated rings. The van der Waals surface area contributed by atoms with E-state index in [0.717, 1.165) is 16.3 Å². The largest absolute Gasteiger partial charge is 0.497 e. The van der Waals surface area contributed by atoms with Gasteiger partial charge in [0.15, 0.2) is 0 Å². The molecule has 0 bridgehead atoms. The zero-order chi connectivity index (χ0) is 16.8.